The second-order valence-electron chi connectivity index (χ2n) is 11.3. The fourth-order valence-electron chi connectivity index (χ4n) is 4.20. The van der Waals surface area contributed by atoms with Crippen molar-refractivity contribution in [2.24, 2.45) is 11.8 Å². The van der Waals surface area contributed by atoms with Crippen LogP contribution in [0.2, 0.25) is 0 Å². The molecular formula is C29H38N2O6. The number of anilines is 1. The highest BCUT2D eigenvalue weighted by atomic mass is 16.6. The van der Waals surface area contributed by atoms with Crippen LogP contribution >= 0.6 is 0 Å². The molecule has 0 bridgehead atoms. The molecule has 2 aromatic carbocycles. The van der Waals surface area contributed by atoms with Gasteiger partial charge in [-0.05, 0) is 90.1 Å². The number of hydrogen-bond donors (Lipinski definition) is 1. The minimum absolute atomic E-state index is 0.0815. The first-order chi connectivity index (χ1) is 17.3. The quantitative estimate of drug-likeness (QED) is 0.475. The van der Waals surface area contributed by atoms with Crippen LogP contribution in [0, 0.1) is 11.8 Å². The maximum atomic E-state index is 13.3. The molecule has 1 saturated heterocycles. The van der Waals surface area contributed by atoms with E-state index < -0.39 is 23.2 Å². The topological polar surface area (TPSA) is 94.2 Å². The number of rotatable bonds is 6. The van der Waals surface area contributed by atoms with Gasteiger partial charge in [0.1, 0.15) is 17.0 Å². The monoisotopic (exact) mass is 510 g/mol. The lowest BCUT2D eigenvalue weighted by atomic mass is 9.86. The fraction of sp³-hybridized carbons (Fsp3) is 0.483. The van der Waals surface area contributed by atoms with Crippen LogP contribution in [0.5, 0.6) is 5.75 Å². The van der Waals surface area contributed by atoms with Gasteiger partial charge >= 0.3 is 18.2 Å². The highest BCUT2D eigenvalue weighted by Gasteiger charge is 2.39. The number of esters is 1. The number of benzene rings is 2. The molecule has 8 heteroatoms. The Morgan fingerprint density at radius 2 is 1.62 bits per heavy atom. The van der Waals surface area contributed by atoms with E-state index in [2.05, 4.69) is 5.32 Å². The zero-order valence-corrected chi connectivity index (χ0v) is 22.6. The van der Waals surface area contributed by atoms with Gasteiger partial charge in [-0.1, -0.05) is 30.3 Å². The number of carbonyl (C=O) groups is 3. The predicted molar refractivity (Wildman–Crippen MR) is 141 cm³/mol. The van der Waals surface area contributed by atoms with Crippen molar-refractivity contribution in [3.8, 4) is 5.75 Å². The van der Waals surface area contributed by atoms with Crippen LogP contribution in [0.3, 0.4) is 0 Å². The van der Waals surface area contributed by atoms with Crippen molar-refractivity contribution in [1.29, 1.82) is 0 Å². The lowest BCUT2D eigenvalue weighted by Gasteiger charge is -2.28. The largest absolute Gasteiger partial charge is 0.460 e. The van der Waals surface area contributed by atoms with Gasteiger partial charge in [0.05, 0.1) is 5.92 Å². The summed E-state index contributed by atoms with van der Waals surface area (Å²) in [6.07, 6.45) is 0.104. The normalized spacial score (nSPS) is 16.6. The van der Waals surface area contributed by atoms with Crippen LogP contribution in [0.4, 0.5) is 15.3 Å². The van der Waals surface area contributed by atoms with Crippen LogP contribution in [0.15, 0.2) is 54.6 Å². The highest BCUT2D eigenvalue weighted by molar-refractivity contribution is 5.86. The molecule has 8 nitrogen and oxygen atoms in total. The Labute approximate surface area is 219 Å². The minimum Gasteiger partial charge on any atom is -0.460 e. The van der Waals surface area contributed by atoms with Crippen LogP contribution < -0.4 is 10.1 Å². The maximum absolute atomic E-state index is 13.3. The van der Waals surface area contributed by atoms with Gasteiger partial charge in [0, 0.05) is 18.8 Å². The number of ether oxygens (including phenoxy) is 3. The molecule has 0 unspecified atom stereocenters. The summed E-state index contributed by atoms with van der Waals surface area (Å²) in [5, 5.41) is 2.74. The molecule has 0 radical (unpaired) electrons. The molecule has 1 heterocycles. The lowest BCUT2D eigenvalue weighted by molar-refractivity contribution is -0.161. The van der Waals surface area contributed by atoms with E-state index in [9.17, 15) is 14.4 Å². The summed E-state index contributed by atoms with van der Waals surface area (Å²) < 4.78 is 16.6. The van der Waals surface area contributed by atoms with Crippen molar-refractivity contribution in [3.05, 3.63) is 60.2 Å². The first kappa shape index (κ1) is 28.0. The smallest absolute Gasteiger partial charge is 0.417 e. The SMILES string of the molecule is CC(C)(C)OC(=O)[C@@H](Cc1cccc(NC(=O)Oc2ccccc2)c1)[C@H]1CCN(C(=O)OC(C)(C)C)C1. The molecule has 2 amide bonds. The molecule has 1 fully saturated rings. The van der Waals surface area contributed by atoms with E-state index in [1.807, 2.05) is 65.8 Å². The third-order valence-electron chi connectivity index (χ3n) is 5.74. The van der Waals surface area contributed by atoms with E-state index in [1.54, 1.807) is 35.2 Å². The van der Waals surface area contributed by atoms with E-state index in [4.69, 9.17) is 14.2 Å². The van der Waals surface area contributed by atoms with Gasteiger partial charge < -0.3 is 19.1 Å². The molecule has 0 saturated carbocycles. The first-order valence-electron chi connectivity index (χ1n) is 12.6. The third kappa shape index (κ3) is 9.12. The molecule has 0 spiro atoms. The predicted octanol–water partition coefficient (Wildman–Crippen LogP) is 6.05. The summed E-state index contributed by atoms with van der Waals surface area (Å²) in [4.78, 5) is 39.9. The number of para-hydroxylation sites is 1. The summed E-state index contributed by atoms with van der Waals surface area (Å²) in [5.41, 5.74) is 0.199. The zero-order chi connectivity index (χ0) is 27.2. The summed E-state index contributed by atoms with van der Waals surface area (Å²) in [6, 6.07) is 16.1. The summed E-state index contributed by atoms with van der Waals surface area (Å²) >= 11 is 0. The molecule has 2 aromatic rings. The van der Waals surface area contributed by atoms with Crippen LogP contribution in [-0.4, -0.2) is 47.3 Å². The van der Waals surface area contributed by atoms with Crippen molar-refractivity contribution in [2.45, 2.75) is 65.6 Å². The molecular weight excluding hydrogens is 472 g/mol. The van der Waals surface area contributed by atoms with Gasteiger partial charge in [-0.3, -0.25) is 10.1 Å². The van der Waals surface area contributed by atoms with E-state index in [0.717, 1.165) is 5.56 Å². The van der Waals surface area contributed by atoms with Crippen LogP contribution in [-0.2, 0) is 20.7 Å². The molecule has 2 atom stereocenters. The summed E-state index contributed by atoms with van der Waals surface area (Å²) in [6.45, 7) is 12.0. The fourth-order valence-corrected chi connectivity index (χ4v) is 4.20. The molecule has 3 rings (SSSR count). The standard InChI is InChI=1S/C29H38N2O6/c1-28(2,3)36-25(32)24(21-15-16-31(19-21)27(34)37-29(4,5)6)18-20-11-10-12-22(17-20)30-26(33)35-23-13-8-7-9-14-23/h7-14,17,21,24H,15-16,18-19H2,1-6H3,(H,30,33)/t21-,24-/m0/s1. The number of likely N-dealkylation sites (tertiary alicyclic amines) is 1. The van der Waals surface area contributed by atoms with Crippen molar-refractivity contribution in [2.75, 3.05) is 18.4 Å². The molecule has 200 valence electrons. The van der Waals surface area contributed by atoms with E-state index >= 15 is 0 Å². The van der Waals surface area contributed by atoms with Crippen LogP contribution in [0.1, 0.15) is 53.5 Å². The molecule has 0 aliphatic carbocycles. The average Bonchev–Trinajstić information content (AvgIpc) is 3.26. The van der Waals surface area contributed by atoms with Crippen molar-refractivity contribution >= 4 is 23.8 Å². The second kappa shape index (κ2) is 11.7. The number of nitrogens with zero attached hydrogens (tertiary/aromatic N) is 1. The molecule has 37 heavy (non-hydrogen) atoms. The minimum atomic E-state index is -0.636. The Bertz CT molecular complexity index is 1090. The van der Waals surface area contributed by atoms with Gasteiger partial charge in [-0.15, -0.1) is 0 Å². The second-order valence-corrected chi connectivity index (χ2v) is 11.3. The van der Waals surface area contributed by atoms with E-state index in [1.165, 1.54) is 0 Å². The Kier molecular flexibility index (Phi) is 8.84. The Morgan fingerprint density at radius 1 is 0.946 bits per heavy atom. The van der Waals surface area contributed by atoms with Gasteiger partial charge in [-0.2, -0.15) is 0 Å². The lowest BCUT2D eigenvalue weighted by Crippen LogP contribution is -2.38. The Hall–Kier alpha value is -3.55. The molecule has 1 N–H and O–H groups in total. The number of hydrogen-bond acceptors (Lipinski definition) is 6. The Balaban J connectivity index is 1.72. The molecule has 1 aliphatic heterocycles. The van der Waals surface area contributed by atoms with Gasteiger partial charge in [0.2, 0.25) is 0 Å². The molecule has 1 aliphatic rings. The first-order valence-corrected chi connectivity index (χ1v) is 12.6. The zero-order valence-electron chi connectivity index (χ0n) is 22.6. The number of carbonyl (C=O) groups excluding carboxylic acids is 3. The van der Waals surface area contributed by atoms with Gasteiger partial charge in [0.25, 0.3) is 0 Å². The van der Waals surface area contributed by atoms with E-state index in [-0.39, 0.29) is 18.0 Å². The Morgan fingerprint density at radius 3 is 2.27 bits per heavy atom. The van der Waals surface area contributed by atoms with E-state index in [0.29, 0.717) is 37.4 Å². The van der Waals surface area contributed by atoms with Gasteiger partial charge in [-0.25, -0.2) is 9.59 Å². The number of nitrogens with one attached hydrogen (secondary N) is 1. The summed E-state index contributed by atoms with van der Waals surface area (Å²) in [7, 11) is 0. The highest BCUT2D eigenvalue weighted by Crippen LogP contribution is 2.31. The average molecular weight is 511 g/mol. The van der Waals surface area contributed by atoms with Crippen LogP contribution in [0.25, 0.3) is 0 Å². The third-order valence-corrected chi connectivity index (χ3v) is 5.74. The molecule has 0 aromatic heterocycles. The number of amides is 2. The summed E-state index contributed by atoms with van der Waals surface area (Å²) in [5.74, 6) is -0.400. The van der Waals surface area contributed by atoms with Crippen molar-refractivity contribution in [3.63, 3.8) is 0 Å². The van der Waals surface area contributed by atoms with Crippen molar-refractivity contribution in [1.82, 2.24) is 4.90 Å². The maximum Gasteiger partial charge on any atom is 0.417 e. The van der Waals surface area contributed by atoms with Gasteiger partial charge in [0.15, 0.2) is 0 Å². The van der Waals surface area contributed by atoms with Crippen molar-refractivity contribution < 1.29 is 28.6 Å².